The zero-order valence-corrected chi connectivity index (χ0v) is 10.5. The fourth-order valence-corrected chi connectivity index (χ4v) is 4.48. The number of carbonyl (C=O) groups excluding carboxylic acids is 1. The van der Waals surface area contributed by atoms with Crippen LogP contribution in [0.25, 0.3) is 0 Å². The zero-order valence-electron chi connectivity index (χ0n) is 8.89. The molecule has 1 fully saturated rings. The molecular weight excluding hydrogens is 244 g/mol. The van der Waals surface area contributed by atoms with Crippen LogP contribution >= 0.6 is 11.3 Å². The van der Waals surface area contributed by atoms with Gasteiger partial charge in [-0.05, 0) is 24.3 Å². The summed E-state index contributed by atoms with van der Waals surface area (Å²) in [6, 6.07) is 3.25. The number of sulfone groups is 1. The molecule has 0 amide bonds. The normalized spacial score (nSPS) is 17.8. The zero-order chi connectivity index (χ0) is 11.6. The number of thiophene rings is 1. The third-order valence-corrected chi connectivity index (χ3v) is 6.07. The first-order chi connectivity index (χ1) is 7.59. The van der Waals surface area contributed by atoms with Crippen LogP contribution in [0, 0.1) is 5.92 Å². The molecule has 0 saturated heterocycles. The van der Waals surface area contributed by atoms with E-state index in [0.717, 1.165) is 25.7 Å². The van der Waals surface area contributed by atoms with Crippen LogP contribution in [0.5, 0.6) is 0 Å². The second kappa shape index (κ2) is 4.67. The van der Waals surface area contributed by atoms with Crippen molar-refractivity contribution in [1.29, 1.82) is 0 Å². The maximum absolute atomic E-state index is 11.8. The average Bonchev–Trinajstić information content (AvgIpc) is 2.91. The molecule has 1 aromatic rings. The molecule has 2 rings (SSSR count). The lowest BCUT2D eigenvalue weighted by molar-refractivity contribution is -0.120. The Labute approximate surface area is 99.4 Å². The van der Waals surface area contributed by atoms with Gasteiger partial charge in [0, 0.05) is 5.92 Å². The van der Waals surface area contributed by atoms with E-state index in [9.17, 15) is 13.2 Å². The van der Waals surface area contributed by atoms with Gasteiger partial charge in [-0.15, -0.1) is 11.3 Å². The van der Waals surface area contributed by atoms with Crippen LogP contribution in [0.1, 0.15) is 25.7 Å². The topological polar surface area (TPSA) is 51.2 Å². The Balaban J connectivity index is 2.06. The summed E-state index contributed by atoms with van der Waals surface area (Å²) in [5, 5.41) is 1.72. The fourth-order valence-electron chi connectivity index (χ4n) is 2.06. The van der Waals surface area contributed by atoms with Gasteiger partial charge in [0.05, 0.1) is 0 Å². The van der Waals surface area contributed by atoms with Crippen molar-refractivity contribution in [3.05, 3.63) is 17.5 Å². The molecule has 0 aliphatic heterocycles. The number of Topliss-reactive ketones (excluding diaryl/α,β-unsaturated/α-hetero) is 1. The highest BCUT2D eigenvalue weighted by Gasteiger charge is 2.28. The predicted molar refractivity (Wildman–Crippen MR) is 63.3 cm³/mol. The summed E-state index contributed by atoms with van der Waals surface area (Å²) in [6.45, 7) is 0. The Morgan fingerprint density at radius 1 is 1.38 bits per heavy atom. The van der Waals surface area contributed by atoms with Crippen molar-refractivity contribution < 1.29 is 13.2 Å². The van der Waals surface area contributed by atoms with Crippen molar-refractivity contribution in [3.63, 3.8) is 0 Å². The van der Waals surface area contributed by atoms with Gasteiger partial charge in [-0.2, -0.15) is 0 Å². The Morgan fingerprint density at radius 2 is 2.06 bits per heavy atom. The smallest absolute Gasteiger partial charge is 0.194 e. The summed E-state index contributed by atoms with van der Waals surface area (Å²) in [4.78, 5) is 11.8. The van der Waals surface area contributed by atoms with E-state index < -0.39 is 9.84 Å². The van der Waals surface area contributed by atoms with E-state index in [1.165, 1.54) is 11.3 Å². The van der Waals surface area contributed by atoms with Crippen LogP contribution in [0.4, 0.5) is 0 Å². The van der Waals surface area contributed by atoms with Gasteiger partial charge in [0.25, 0.3) is 0 Å². The highest BCUT2D eigenvalue weighted by molar-refractivity contribution is 7.94. The maximum Gasteiger partial charge on any atom is 0.194 e. The lowest BCUT2D eigenvalue weighted by Crippen LogP contribution is -2.21. The Hall–Kier alpha value is -0.680. The highest BCUT2D eigenvalue weighted by atomic mass is 32.2. The van der Waals surface area contributed by atoms with Crippen LogP contribution in [0.15, 0.2) is 21.7 Å². The molecule has 5 heteroatoms. The maximum atomic E-state index is 11.8. The van der Waals surface area contributed by atoms with Gasteiger partial charge in [0.1, 0.15) is 9.96 Å². The molecule has 0 radical (unpaired) electrons. The van der Waals surface area contributed by atoms with E-state index in [2.05, 4.69) is 0 Å². The molecule has 1 aliphatic rings. The molecule has 0 spiro atoms. The Kier molecular flexibility index (Phi) is 3.44. The van der Waals surface area contributed by atoms with E-state index in [1.54, 1.807) is 17.5 Å². The predicted octanol–water partition coefficient (Wildman–Crippen LogP) is 2.28. The molecule has 16 heavy (non-hydrogen) atoms. The van der Waals surface area contributed by atoms with Crippen LogP contribution in [0.3, 0.4) is 0 Å². The number of hydrogen-bond donors (Lipinski definition) is 0. The first kappa shape index (κ1) is 11.8. The van der Waals surface area contributed by atoms with Crippen molar-refractivity contribution in [2.75, 3.05) is 5.75 Å². The Bertz CT molecular complexity index is 453. The van der Waals surface area contributed by atoms with E-state index >= 15 is 0 Å². The quantitative estimate of drug-likeness (QED) is 0.832. The molecule has 1 aliphatic carbocycles. The van der Waals surface area contributed by atoms with Gasteiger partial charge >= 0.3 is 0 Å². The van der Waals surface area contributed by atoms with Gasteiger partial charge < -0.3 is 0 Å². The first-order valence-corrected chi connectivity index (χ1v) is 7.92. The number of rotatable bonds is 4. The molecular formula is C11H14O3S2. The molecule has 88 valence electrons. The third kappa shape index (κ3) is 2.52. The average molecular weight is 258 g/mol. The second-order valence-corrected chi connectivity index (χ2v) is 7.30. The van der Waals surface area contributed by atoms with Crippen LogP contribution in [0.2, 0.25) is 0 Å². The largest absolute Gasteiger partial charge is 0.298 e. The summed E-state index contributed by atoms with van der Waals surface area (Å²) < 4.78 is 24.0. The summed E-state index contributed by atoms with van der Waals surface area (Å²) in [5.74, 6) is -0.446. The standard InChI is InChI=1S/C11H14O3S2/c12-10(9-4-1-2-5-9)8-16(13,14)11-6-3-7-15-11/h3,6-7,9H,1-2,4-5,8H2. The summed E-state index contributed by atoms with van der Waals surface area (Å²) >= 11 is 1.17. The fraction of sp³-hybridized carbons (Fsp3) is 0.545. The second-order valence-electron chi connectivity index (χ2n) is 4.14. The molecule has 0 atom stereocenters. The van der Waals surface area contributed by atoms with Crippen LogP contribution < -0.4 is 0 Å². The van der Waals surface area contributed by atoms with Gasteiger partial charge in [0.2, 0.25) is 0 Å². The summed E-state index contributed by atoms with van der Waals surface area (Å²) in [6.07, 6.45) is 3.82. The molecule has 0 aromatic carbocycles. The van der Waals surface area contributed by atoms with E-state index in [1.807, 2.05) is 0 Å². The molecule has 1 saturated carbocycles. The lowest BCUT2D eigenvalue weighted by Gasteiger charge is -2.07. The van der Waals surface area contributed by atoms with Crippen molar-refractivity contribution in [2.45, 2.75) is 29.9 Å². The van der Waals surface area contributed by atoms with E-state index in [0.29, 0.717) is 4.21 Å². The Morgan fingerprint density at radius 3 is 2.62 bits per heavy atom. The van der Waals surface area contributed by atoms with Crippen molar-refractivity contribution in [2.24, 2.45) is 5.92 Å². The molecule has 1 heterocycles. The third-order valence-electron chi connectivity index (χ3n) is 2.94. The van der Waals surface area contributed by atoms with E-state index in [4.69, 9.17) is 0 Å². The minimum Gasteiger partial charge on any atom is -0.298 e. The number of carbonyl (C=O) groups is 1. The minimum atomic E-state index is -3.38. The van der Waals surface area contributed by atoms with Gasteiger partial charge in [-0.1, -0.05) is 18.9 Å². The number of ketones is 1. The summed E-state index contributed by atoms with van der Waals surface area (Å²) in [7, 11) is -3.38. The van der Waals surface area contributed by atoms with Crippen molar-refractivity contribution >= 4 is 27.0 Å². The SMILES string of the molecule is O=C(CS(=O)(=O)c1cccs1)C1CCCC1. The highest BCUT2D eigenvalue weighted by Crippen LogP contribution is 2.27. The van der Waals surface area contributed by atoms with Crippen molar-refractivity contribution in [3.8, 4) is 0 Å². The first-order valence-electron chi connectivity index (χ1n) is 5.38. The molecule has 0 N–H and O–H groups in total. The van der Waals surface area contributed by atoms with E-state index in [-0.39, 0.29) is 17.5 Å². The van der Waals surface area contributed by atoms with Gasteiger partial charge in [-0.25, -0.2) is 8.42 Å². The molecule has 3 nitrogen and oxygen atoms in total. The molecule has 0 bridgehead atoms. The molecule has 0 unspecified atom stereocenters. The minimum absolute atomic E-state index is 0.0188. The summed E-state index contributed by atoms with van der Waals surface area (Å²) in [5.41, 5.74) is 0. The van der Waals surface area contributed by atoms with Crippen molar-refractivity contribution in [1.82, 2.24) is 0 Å². The van der Waals surface area contributed by atoms with Crippen LogP contribution in [-0.2, 0) is 14.6 Å². The molecule has 1 aromatic heterocycles. The van der Waals surface area contributed by atoms with Gasteiger partial charge in [-0.3, -0.25) is 4.79 Å². The van der Waals surface area contributed by atoms with Crippen LogP contribution in [-0.4, -0.2) is 20.0 Å². The number of hydrogen-bond acceptors (Lipinski definition) is 4. The lowest BCUT2D eigenvalue weighted by atomic mass is 10.0. The monoisotopic (exact) mass is 258 g/mol. The van der Waals surface area contributed by atoms with Gasteiger partial charge in [0.15, 0.2) is 15.6 Å².